The average molecular weight is 1010 g/mol. The van der Waals surface area contributed by atoms with Crippen LogP contribution >= 0.6 is 0 Å². The first-order valence-electron chi connectivity index (χ1n) is 32.0. The van der Waals surface area contributed by atoms with Gasteiger partial charge in [0.2, 0.25) is 0 Å². The Kier molecular flexibility index (Phi) is 59.2. The monoisotopic (exact) mass is 1010 g/mol. The maximum Gasteiger partial charge on any atom is 0.306 e. The van der Waals surface area contributed by atoms with Crippen molar-refractivity contribution >= 4 is 17.9 Å². The van der Waals surface area contributed by atoms with Crippen LogP contribution in [0.2, 0.25) is 0 Å². The van der Waals surface area contributed by atoms with Crippen molar-refractivity contribution in [1.29, 1.82) is 0 Å². The quantitative estimate of drug-likeness (QED) is 0.0261. The maximum absolute atomic E-state index is 12.9. The van der Waals surface area contributed by atoms with Crippen LogP contribution in [-0.4, -0.2) is 37.2 Å². The summed E-state index contributed by atoms with van der Waals surface area (Å²) in [4.78, 5) is 38.2. The van der Waals surface area contributed by atoms with Gasteiger partial charge in [-0.1, -0.05) is 308 Å². The number of hydrogen-bond acceptors (Lipinski definition) is 6. The van der Waals surface area contributed by atoms with Gasteiger partial charge in [-0.15, -0.1) is 0 Å². The van der Waals surface area contributed by atoms with Crippen molar-refractivity contribution in [2.45, 2.75) is 354 Å². The Morgan fingerprint density at radius 3 is 0.806 bits per heavy atom. The van der Waals surface area contributed by atoms with Gasteiger partial charge in [0.15, 0.2) is 6.10 Å². The van der Waals surface area contributed by atoms with Gasteiger partial charge in [-0.2, -0.15) is 0 Å². The van der Waals surface area contributed by atoms with Crippen molar-refractivity contribution in [3.63, 3.8) is 0 Å². The number of carbonyl (C=O) groups is 3. The molecule has 0 aromatic carbocycles. The van der Waals surface area contributed by atoms with E-state index in [1.165, 1.54) is 231 Å². The van der Waals surface area contributed by atoms with Crippen LogP contribution in [0.4, 0.5) is 0 Å². The lowest BCUT2D eigenvalue weighted by Gasteiger charge is -2.18. The van der Waals surface area contributed by atoms with Crippen molar-refractivity contribution < 1.29 is 28.6 Å². The zero-order valence-corrected chi connectivity index (χ0v) is 48.5. The Bertz CT molecular complexity index is 1210. The van der Waals surface area contributed by atoms with Crippen LogP contribution in [-0.2, 0) is 28.6 Å². The lowest BCUT2D eigenvalue weighted by atomic mass is 10.0. The van der Waals surface area contributed by atoms with Gasteiger partial charge in [0.25, 0.3) is 0 Å². The summed E-state index contributed by atoms with van der Waals surface area (Å²) < 4.78 is 16.9. The highest BCUT2D eigenvalue weighted by molar-refractivity contribution is 5.71. The van der Waals surface area contributed by atoms with E-state index in [0.29, 0.717) is 19.3 Å². The molecule has 0 radical (unpaired) electrons. The number of hydrogen-bond donors (Lipinski definition) is 0. The van der Waals surface area contributed by atoms with Gasteiger partial charge >= 0.3 is 17.9 Å². The minimum absolute atomic E-state index is 0.0725. The Balaban J connectivity index is 4.23. The summed E-state index contributed by atoms with van der Waals surface area (Å²) in [7, 11) is 0. The molecule has 0 bridgehead atoms. The van der Waals surface area contributed by atoms with Crippen LogP contribution in [0.5, 0.6) is 0 Å². The second-order valence-electron chi connectivity index (χ2n) is 21.7. The van der Waals surface area contributed by atoms with E-state index in [-0.39, 0.29) is 31.1 Å². The molecule has 0 heterocycles. The molecule has 0 aromatic rings. The zero-order valence-electron chi connectivity index (χ0n) is 48.5. The van der Waals surface area contributed by atoms with Gasteiger partial charge in [-0.25, -0.2) is 0 Å². The van der Waals surface area contributed by atoms with Gasteiger partial charge in [-0.05, 0) is 57.8 Å². The van der Waals surface area contributed by atoms with Crippen molar-refractivity contribution in [2.75, 3.05) is 13.2 Å². The lowest BCUT2D eigenvalue weighted by Crippen LogP contribution is -2.30. The van der Waals surface area contributed by atoms with Gasteiger partial charge in [-0.3, -0.25) is 14.4 Å². The number of unbranched alkanes of at least 4 members (excludes halogenated alkanes) is 42. The number of esters is 3. The summed E-state index contributed by atoms with van der Waals surface area (Å²) in [6.45, 7) is 6.65. The van der Waals surface area contributed by atoms with Crippen molar-refractivity contribution in [2.24, 2.45) is 0 Å². The zero-order chi connectivity index (χ0) is 52.2. The molecule has 6 nitrogen and oxygen atoms in total. The topological polar surface area (TPSA) is 78.9 Å². The van der Waals surface area contributed by atoms with Crippen LogP contribution in [0.25, 0.3) is 0 Å². The molecule has 0 N–H and O–H groups in total. The highest BCUT2D eigenvalue weighted by Crippen LogP contribution is 2.18. The predicted molar refractivity (Wildman–Crippen MR) is 312 cm³/mol. The van der Waals surface area contributed by atoms with E-state index >= 15 is 0 Å². The summed E-state index contributed by atoms with van der Waals surface area (Å²) in [6, 6.07) is 0. The number of ether oxygens (including phenoxy) is 3. The molecule has 0 aliphatic rings. The van der Waals surface area contributed by atoms with Gasteiger partial charge in [0, 0.05) is 19.3 Å². The van der Waals surface area contributed by atoms with E-state index in [4.69, 9.17) is 14.2 Å². The number of carbonyl (C=O) groups excluding carboxylic acids is 3. The standard InChI is InChI=1S/C66H122O6/c1-4-7-10-13-16-19-22-24-26-28-30-31-32-33-34-36-37-39-41-44-47-50-53-56-59-65(68)71-62-63(61-70-64(67)58-55-52-49-46-43-21-18-15-12-9-6-3)72-66(69)60-57-54-51-48-45-42-40-38-35-29-27-25-23-20-17-14-11-8-5-2/h17,20,25,27,35,38,63H,4-16,18-19,21-24,26,28-34,36-37,39-62H2,1-3H3/b20-17-,27-25-,38-35-. The Morgan fingerprint density at radius 1 is 0.278 bits per heavy atom. The summed E-state index contributed by atoms with van der Waals surface area (Å²) >= 11 is 0. The maximum atomic E-state index is 12.9. The highest BCUT2D eigenvalue weighted by atomic mass is 16.6. The molecule has 0 fully saturated rings. The summed E-state index contributed by atoms with van der Waals surface area (Å²) in [5, 5.41) is 0. The second kappa shape index (κ2) is 61.2. The minimum atomic E-state index is -0.775. The van der Waals surface area contributed by atoms with Crippen LogP contribution in [0.1, 0.15) is 348 Å². The summed E-state index contributed by atoms with van der Waals surface area (Å²) in [5.41, 5.74) is 0. The highest BCUT2D eigenvalue weighted by Gasteiger charge is 2.19. The largest absolute Gasteiger partial charge is 0.462 e. The molecule has 1 unspecified atom stereocenters. The van der Waals surface area contributed by atoms with E-state index in [9.17, 15) is 14.4 Å². The first-order chi connectivity index (χ1) is 35.5. The molecule has 0 saturated carbocycles. The summed E-state index contributed by atoms with van der Waals surface area (Å²) in [5.74, 6) is -0.863. The number of rotatable bonds is 59. The van der Waals surface area contributed by atoms with Crippen LogP contribution in [0.15, 0.2) is 36.5 Å². The molecule has 0 rings (SSSR count). The first-order valence-corrected chi connectivity index (χ1v) is 32.0. The smallest absolute Gasteiger partial charge is 0.306 e. The third-order valence-electron chi connectivity index (χ3n) is 14.4. The summed E-state index contributed by atoms with van der Waals surface area (Å²) in [6.07, 6.45) is 74.4. The van der Waals surface area contributed by atoms with Gasteiger partial charge < -0.3 is 14.2 Å². The molecule has 0 aliphatic heterocycles. The van der Waals surface area contributed by atoms with Crippen LogP contribution in [0, 0.1) is 0 Å². The molecule has 0 spiro atoms. The van der Waals surface area contributed by atoms with E-state index in [1.54, 1.807) is 0 Å². The molecular formula is C66H122O6. The fraction of sp³-hybridized carbons (Fsp3) is 0.864. The average Bonchev–Trinajstić information content (AvgIpc) is 3.38. The Labute approximate surface area is 448 Å². The van der Waals surface area contributed by atoms with Crippen molar-refractivity contribution in [3.05, 3.63) is 36.5 Å². The van der Waals surface area contributed by atoms with E-state index < -0.39 is 6.10 Å². The molecule has 0 amide bonds. The lowest BCUT2D eigenvalue weighted by molar-refractivity contribution is -0.167. The van der Waals surface area contributed by atoms with Gasteiger partial charge in [0.05, 0.1) is 0 Å². The third-order valence-corrected chi connectivity index (χ3v) is 14.4. The van der Waals surface area contributed by atoms with Crippen molar-refractivity contribution in [1.82, 2.24) is 0 Å². The van der Waals surface area contributed by atoms with E-state index in [1.807, 2.05) is 0 Å². The molecule has 1 atom stereocenters. The predicted octanol–water partition coefficient (Wildman–Crippen LogP) is 21.6. The van der Waals surface area contributed by atoms with E-state index in [0.717, 1.165) is 77.0 Å². The molecule has 72 heavy (non-hydrogen) atoms. The SMILES string of the molecule is CCCCC/C=C\C/C=C\C/C=C\CCCCCCCCC(=O)OC(COC(=O)CCCCCCCCCCCCC)COC(=O)CCCCCCCCCCCCCCCCCCCCCCCCCC. The second-order valence-corrected chi connectivity index (χ2v) is 21.7. The normalized spacial score (nSPS) is 12.2. The molecule has 422 valence electrons. The van der Waals surface area contributed by atoms with Gasteiger partial charge in [0.1, 0.15) is 13.2 Å². The molecule has 0 saturated heterocycles. The number of allylic oxidation sites excluding steroid dienone is 6. The fourth-order valence-electron chi connectivity index (χ4n) is 9.57. The minimum Gasteiger partial charge on any atom is -0.462 e. The molecule has 0 aliphatic carbocycles. The Morgan fingerprint density at radius 2 is 0.500 bits per heavy atom. The molecule has 6 heteroatoms. The fourth-order valence-corrected chi connectivity index (χ4v) is 9.57. The van der Waals surface area contributed by atoms with Crippen LogP contribution < -0.4 is 0 Å². The van der Waals surface area contributed by atoms with Crippen LogP contribution in [0.3, 0.4) is 0 Å². The third kappa shape index (κ3) is 58.5. The van der Waals surface area contributed by atoms with E-state index in [2.05, 4.69) is 57.2 Å². The van der Waals surface area contributed by atoms with Crippen molar-refractivity contribution in [3.8, 4) is 0 Å². The molecular weight excluding hydrogens is 889 g/mol. The molecule has 0 aromatic heterocycles. The first kappa shape index (κ1) is 69.6. The Hall–Kier alpha value is -2.37.